The van der Waals surface area contributed by atoms with Gasteiger partial charge in [-0.05, 0) is 6.42 Å². The third-order valence-corrected chi connectivity index (χ3v) is 2.68. The fourth-order valence-corrected chi connectivity index (χ4v) is 1.82. The maximum atomic E-state index is 5.49. The van der Waals surface area contributed by atoms with Crippen LogP contribution in [0.1, 0.15) is 12.8 Å². The van der Waals surface area contributed by atoms with Crippen LogP contribution >= 0.6 is 0 Å². The van der Waals surface area contributed by atoms with Gasteiger partial charge in [0, 0.05) is 26.1 Å². The zero-order valence-corrected chi connectivity index (χ0v) is 8.61. The van der Waals surface area contributed by atoms with E-state index in [1.54, 1.807) is 0 Å². The van der Waals surface area contributed by atoms with Crippen LogP contribution in [0.2, 0.25) is 0 Å². The SMILES string of the molecule is C1COC(CCN2CCOCC2)OC1. The maximum absolute atomic E-state index is 5.49. The van der Waals surface area contributed by atoms with E-state index in [0.29, 0.717) is 0 Å². The van der Waals surface area contributed by atoms with Crippen LogP contribution in [0.4, 0.5) is 0 Å². The average molecular weight is 201 g/mol. The minimum atomic E-state index is 0.0339. The average Bonchev–Trinajstić information content (AvgIpc) is 2.29. The summed E-state index contributed by atoms with van der Waals surface area (Å²) >= 11 is 0. The van der Waals surface area contributed by atoms with E-state index in [2.05, 4.69) is 4.90 Å². The lowest BCUT2D eigenvalue weighted by molar-refractivity contribution is -0.183. The predicted molar refractivity (Wildman–Crippen MR) is 52.2 cm³/mol. The van der Waals surface area contributed by atoms with Crippen molar-refractivity contribution >= 4 is 0 Å². The van der Waals surface area contributed by atoms with Gasteiger partial charge in [0.25, 0.3) is 0 Å². The molecule has 82 valence electrons. The molecule has 0 aromatic heterocycles. The molecule has 2 rings (SSSR count). The van der Waals surface area contributed by atoms with E-state index < -0.39 is 0 Å². The molecule has 2 aliphatic rings. The van der Waals surface area contributed by atoms with E-state index in [9.17, 15) is 0 Å². The maximum Gasteiger partial charge on any atom is 0.158 e. The largest absolute Gasteiger partial charge is 0.379 e. The lowest BCUT2D eigenvalue weighted by Gasteiger charge is -2.29. The van der Waals surface area contributed by atoms with Gasteiger partial charge in [0.15, 0.2) is 6.29 Å². The second-order valence-corrected chi connectivity index (χ2v) is 3.77. The normalized spacial score (nSPS) is 26.6. The minimum Gasteiger partial charge on any atom is -0.379 e. The molecule has 4 nitrogen and oxygen atoms in total. The highest BCUT2D eigenvalue weighted by Gasteiger charge is 2.16. The highest BCUT2D eigenvalue weighted by molar-refractivity contribution is 4.63. The topological polar surface area (TPSA) is 30.9 Å². The van der Waals surface area contributed by atoms with E-state index in [0.717, 1.165) is 58.9 Å². The van der Waals surface area contributed by atoms with E-state index in [1.807, 2.05) is 0 Å². The van der Waals surface area contributed by atoms with Crippen LogP contribution in [0.25, 0.3) is 0 Å². The van der Waals surface area contributed by atoms with Gasteiger partial charge in [-0.15, -0.1) is 0 Å². The number of hydrogen-bond acceptors (Lipinski definition) is 4. The molecule has 4 heteroatoms. The van der Waals surface area contributed by atoms with E-state index in [4.69, 9.17) is 14.2 Å². The van der Waals surface area contributed by atoms with Crippen molar-refractivity contribution in [2.24, 2.45) is 0 Å². The first-order valence-corrected chi connectivity index (χ1v) is 5.48. The summed E-state index contributed by atoms with van der Waals surface area (Å²) in [6.45, 7) is 6.60. The first-order valence-electron chi connectivity index (χ1n) is 5.48. The van der Waals surface area contributed by atoms with Gasteiger partial charge in [0.05, 0.1) is 26.4 Å². The molecule has 2 aliphatic heterocycles. The van der Waals surface area contributed by atoms with Gasteiger partial charge in [-0.3, -0.25) is 4.90 Å². The van der Waals surface area contributed by atoms with E-state index in [-0.39, 0.29) is 6.29 Å². The molecule has 0 aromatic carbocycles. The molecule has 0 amide bonds. The molecule has 2 saturated heterocycles. The molecule has 2 fully saturated rings. The number of morpholine rings is 1. The van der Waals surface area contributed by atoms with Crippen LogP contribution in [-0.2, 0) is 14.2 Å². The van der Waals surface area contributed by atoms with Crippen LogP contribution in [0.15, 0.2) is 0 Å². The van der Waals surface area contributed by atoms with Gasteiger partial charge in [-0.1, -0.05) is 0 Å². The molecule has 0 saturated carbocycles. The molecular weight excluding hydrogens is 182 g/mol. The molecule has 0 bridgehead atoms. The standard InChI is InChI=1S/C10H19NO3/c1-6-13-10(14-7-1)2-3-11-4-8-12-9-5-11/h10H,1-9H2. The zero-order valence-electron chi connectivity index (χ0n) is 8.61. The van der Waals surface area contributed by atoms with Gasteiger partial charge in [0.1, 0.15) is 0 Å². The van der Waals surface area contributed by atoms with Gasteiger partial charge >= 0.3 is 0 Å². The van der Waals surface area contributed by atoms with Crippen molar-refractivity contribution in [3.8, 4) is 0 Å². The van der Waals surface area contributed by atoms with Gasteiger partial charge in [0.2, 0.25) is 0 Å². The fraction of sp³-hybridized carbons (Fsp3) is 1.00. The molecule has 2 heterocycles. The number of hydrogen-bond donors (Lipinski definition) is 0. The van der Waals surface area contributed by atoms with Crippen molar-refractivity contribution in [3.05, 3.63) is 0 Å². The highest BCUT2D eigenvalue weighted by Crippen LogP contribution is 2.09. The van der Waals surface area contributed by atoms with Crippen molar-refractivity contribution in [3.63, 3.8) is 0 Å². The first kappa shape index (κ1) is 10.4. The second-order valence-electron chi connectivity index (χ2n) is 3.77. The Labute approximate surface area is 85.1 Å². The van der Waals surface area contributed by atoms with Crippen LogP contribution in [0.5, 0.6) is 0 Å². The Kier molecular flexibility index (Phi) is 4.19. The van der Waals surface area contributed by atoms with Crippen molar-refractivity contribution in [2.45, 2.75) is 19.1 Å². The summed E-state index contributed by atoms with van der Waals surface area (Å²) < 4.78 is 16.3. The van der Waals surface area contributed by atoms with Gasteiger partial charge in [-0.2, -0.15) is 0 Å². The Morgan fingerprint density at radius 3 is 2.43 bits per heavy atom. The van der Waals surface area contributed by atoms with Crippen LogP contribution in [0.3, 0.4) is 0 Å². The van der Waals surface area contributed by atoms with Crippen molar-refractivity contribution in [1.82, 2.24) is 4.90 Å². The first-order chi connectivity index (χ1) is 6.95. The highest BCUT2D eigenvalue weighted by atomic mass is 16.7. The van der Waals surface area contributed by atoms with Gasteiger partial charge < -0.3 is 14.2 Å². The Hall–Kier alpha value is -0.160. The number of rotatable bonds is 3. The van der Waals surface area contributed by atoms with Crippen LogP contribution < -0.4 is 0 Å². The third-order valence-electron chi connectivity index (χ3n) is 2.68. The Bertz CT molecular complexity index is 135. The zero-order chi connectivity index (χ0) is 9.64. The van der Waals surface area contributed by atoms with Crippen molar-refractivity contribution in [1.29, 1.82) is 0 Å². The summed E-state index contributed by atoms with van der Waals surface area (Å²) in [5, 5.41) is 0. The third kappa shape index (κ3) is 3.20. The summed E-state index contributed by atoms with van der Waals surface area (Å²) in [6, 6.07) is 0. The molecule has 14 heavy (non-hydrogen) atoms. The van der Waals surface area contributed by atoms with Crippen LogP contribution in [0, 0.1) is 0 Å². The molecular formula is C10H19NO3. The summed E-state index contributed by atoms with van der Waals surface area (Å²) in [7, 11) is 0. The number of ether oxygens (including phenoxy) is 3. The molecule has 0 spiro atoms. The van der Waals surface area contributed by atoms with Crippen molar-refractivity contribution < 1.29 is 14.2 Å². The molecule has 0 radical (unpaired) electrons. The fourth-order valence-electron chi connectivity index (χ4n) is 1.82. The molecule has 0 N–H and O–H groups in total. The summed E-state index contributed by atoms with van der Waals surface area (Å²) in [4.78, 5) is 2.41. The minimum absolute atomic E-state index is 0.0339. The monoisotopic (exact) mass is 201 g/mol. The smallest absolute Gasteiger partial charge is 0.158 e. The van der Waals surface area contributed by atoms with Crippen LogP contribution in [-0.4, -0.2) is 57.3 Å². The summed E-state index contributed by atoms with van der Waals surface area (Å²) in [6.07, 6.45) is 2.06. The predicted octanol–water partition coefficient (Wildman–Crippen LogP) is 0.472. The van der Waals surface area contributed by atoms with E-state index >= 15 is 0 Å². The molecule has 0 aliphatic carbocycles. The van der Waals surface area contributed by atoms with E-state index in [1.165, 1.54) is 0 Å². The lowest BCUT2D eigenvalue weighted by Crippen LogP contribution is -2.39. The second kappa shape index (κ2) is 5.66. The summed E-state index contributed by atoms with van der Waals surface area (Å²) in [5.41, 5.74) is 0. The molecule has 0 atom stereocenters. The lowest BCUT2D eigenvalue weighted by atomic mass is 10.3. The molecule has 0 aromatic rings. The quantitative estimate of drug-likeness (QED) is 0.664. The number of nitrogens with zero attached hydrogens (tertiary/aromatic N) is 1. The Morgan fingerprint density at radius 2 is 1.71 bits per heavy atom. The van der Waals surface area contributed by atoms with Crippen molar-refractivity contribution in [2.75, 3.05) is 46.1 Å². The Morgan fingerprint density at radius 1 is 1.00 bits per heavy atom. The Balaban J connectivity index is 1.60. The summed E-state index contributed by atoms with van der Waals surface area (Å²) in [5.74, 6) is 0. The molecule has 0 unspecified atom stereocenters. The van der Waals surface area contributed by atoms with Gasteiger partial charge in [-0.25, -0.2) is 0 Å².